The topological polar surface area (TPSA) is 116 Å². The molecule has 2 N–H and O–H groups in total. The molecule has 1 aliphatic rings. The molecule has 3 rings (SSSR count). The molecule has 0 unspecified atom stereocenters. The van der Waals surface area contributed by atoms with E-state index in [-0.39, 0.29) is 40.8 Å². The largest absolute Gasteiger partial charge is 0.507 e. The lowest BCUT2D eigenvalue weighted by Gasteiger charge is -2.28. The maximum atomic E-state index is 12.9. The minimum atomic E-state index is -3.84. The lowest BCUT2D eigenvalue weighted by atomic mass is 10.1. The first kappa shape index (κ1) is 23.3. The first-order chi connectivity index (χ1) is 14.5. The van der Waals surface area contributed by atoms with E-state index in [1.165, 1.54) is 46.8 Å². The number of aromatic hydroxyl groups is 1. The number of hydrazone groups is 1. The van der Waals surface area contributed by atoms with E-state index >= 15 is 0 Å². The number of benzene rings is 2. The number of hydrogen-bond donors (Lipinski definition) is 2. The number of amides is 1. The highest BCUT2D eigenvalue weighted by molar-refractivity contribution is 8.00. The second-order valence-electron chi connectivity index (χ2n) is 7.11. The summed E-state index contributed by atoms with van der Waals surface area (Å²) in [6.45, 7) is 1.82. The van der Waals surface area contributed by atoms with Crippen LogP contribution in [0, 0.1) is 0 Å². The van der Waals surface area contributed by atoms with E-state index in [4.69, 9.17) is 11.6 Å². The van der Waals surface area contributed by atoms with E-state index in [0.29, 0.717) is 16.3 Å². The SMILES string of the molecule is C=S1(=O)CCN(S(=O)(=O)c2cccc(C(=O)N/N=C(\C)c3cc(Cl)ccc3O)c2)CC1. The van der Waals surface area contributed by atoms with E-state index in [1.807, 2.05) is 0 Å². The predicted molar refractivity (Wildman–Crippen MR) is 123 cm³/mol. The van der Waals surface area contributed by atoms with Crippen LogP contribution in [-0.2, 0) is 19.5 Å². The smallest absolute Gasteiger partial charge is 0.271 e. The fourth-order valence-electron chi connectivity index (χ4n) is 2.99. The number of sulfonamides is 1. The summed E-state index contributed by atoms with van der Waals surface area (Å²) < 4.78 is 39.1. The zero-order valence-electron chi connectivity index (χ0n) is 16.7. The third-order valence-electron chi connectivity index (χ3n) is 4.83. The summed E-state index contributed by atoms with van der Waals surface area (Å²) in [7, 11) is -6.07. The van der Waals surface area contributed by atoms with Crippen LogP contribution in [0.5, 0.6) is 5.75 Å². The Labute approximate surface area is 186 Å². The lowest BCUT2D eigenvalue weighted by Crippen LogP contribution is -2.43. The van der Waals surface area contributed by atoms with Crippen LogP contribution in [0.15, 0.2) is 52.5 Å². The average Bonchev–Trinajstić information content (AvgIpc) is 2.73. The molecule has 31 heavy (non-hydrogen) atoms. The normalized spacial score (nSPS) is 17.3. The molecule has 1 heterocycles. The third-order valence-corrected chi connectivity index (χ3v) is 8.82. The Morgan fingerprint density at radius 2 is 1.90 bits per heavy atom. The highest BCUT2D eigenvalue weighted by atomic mass is 35.5. The molecule has 0 bridgehead atoms. The minimum absolute atomic E-state index is 0.0363. The second-order valence-corrected chi connectivity index (χ2v) is 12.2. The Bertz CT molecular complexity index is 1240. The number of nitrogens with zero attached hydrogens (tertiary/aromatic N) is 2. The molecule has 1 amide bonds. The molecule has 166 valence electrons. The van der Waals surface area contributed by atoms with E-state index < -0.39 is 25.5 Å². The van der Waals surface area contributed by atoms with Crippen LogP contribution in [0.2, 0.25) is 5.02 Å². The van der Waals surface area contributed by atoms with Gasteiger partial charge in [0, 0.05) is 40.7 Å². The fourth-order valence-corrected chi connectivity index (χ4v) is 6.20. The van der Waals surface area contributed by atoms with Gasteiger partial charge < -0.3 is 5.11 Å². The first-order valence-corrected chi connectivity index (χ1v) is 13.1. The summed E-state index contributed by atoms with van der Waals surface area (Å²) in [6.07, 6.45) is 0. The van der Waals surface area contributed by atoms with E-state index in [9.17, 15) is 22.5 Å². The molecule has 0 aliphatic carbocycles. The van der Waals surface area contributed by atoms with Gasteiger partial charge >= 0.3 is 0 Å². The first-order valence-electron chi connectivity index (χ1n) is 9.26. The quantitative estimate of drug-likeness (QED) is 0.383. The van der Waals surface area contributed by atoms with Crippen LogP contribution in [0.1, 0.15) is 22.8 Å². The summed E-state index contributed by atoms with van der Waals surface area (Å²) in [5.74, 6) is 3.40. The maximum absolute atomic E-state index is 12.9. The van der Waals surface area contributed by atoms with Crippen molar-refractivity contribution < 1.29 is 22.5 Å². The lowest BCUT2D eigenvalue weighted by molar-refractivity contribution is 0.0954. The van der Waals surface area contributed by atoms with Crippen molar-refractivity contribution in [3.05, 3.63) is 58.6 Å². The van der Waals surface area contributed by atoms with Gasteiger partial charge in [-0.05, 0) is 58.7 Å². The zero-order valence-corrected chi connectivity index (χ0v) is 19.1. The molecule has 1 aliphatic heterocycles. The van der Waals surface area contributed by atoms with Crippen LogP contribution < -0.4 is 5.43 Å². The summed E-state index contributed by atoms with van der Waals surface area (Å²) >= 11 is 5.93. The van der Waals surface area contributed by atoms with Gasteiger partial charge in [0.2, 0.25) is 10.0 Å². The van der Waals surface area contributed by atoms with Gasteiger partial charge in [-0.2, -0.15) is 9.41 Å². The number of carbonyl (C=O) groups excluding carboxylic acids is 1. The number of phenols is 1. The highest BCUT2D eigenvalue weighted by Gasteiger charge is 2.29. The monoisotopic (exact) mass is 483 g/mol. The van der Waals surface area contributed by atoms with Crippen molar-refractivity contribution in [1.82, 2.24) is 9.73 Å². The Morgan fingerprint density at radius 1 is 1.23 bits per heavy atom. The number of phenolic OH excluding ortho intramolecular Hbond substituents is 1. The van der Waals surface area contributed by atoms with Crippen LogP contribution >= 0.6 is 11.6 Å². The highest BCUT2D eigenvalue weighted by Crippen LogP contribution is 2.22. The molecule has 2 aromatic carbocycles. The van der Waals surface area contributed by atoms with Gasteiger partial charge in [0.05, 0.1) is 10.6 Å². The van der Waals surface area contributed by atoms with Crippen molar-refractivity contribution >= 4 is 48.6 Å². The van der Waals surface area contributed by atoms with Crippen molar-refractivity contribution in [3.8, 4) is 5.75 Å². The van der Waals surface area contributed by atoms with Crippen molar-refractivity contribution in [2.45, 2.75) is 11.8 Å². The van der Waals surface area contributed by atoms with E-state index in [2.05, 4.69) is 16.4 Å². The Kier molecular flexibility index (Phi) is 6.75. The molecule has 0 aromatic heterocycles. The molecule has 11 heteroatoms. The summed E-state index contributed by atoms with van der Waals surface area (Å²) in [6, 6.07) is 10.1. The van der Waals surface area contributed by atoms with Crippen LogP contribution in [0.3, 0.4) is 0 Å². The number of hydrogen-bond acceptors (Lipinski definition) is 6. The molecular formula is C20H22ClN3O5S2. The number of carbonyl (C=O) groups is 1. The van der Waals surface area contributed by atoms with Crippen molar-refractivity contribution in [2.75, 3.05) is 24.6 Å². The fraction of sp³-hybridized carbons (Fsp3) is 0.250. The Morgan fingerprint density at radius 3 is 2.58 bits per heavy atom. The van der Waals surface area contributed by atoms with Gasteiger partial charge in [-0.3, -0.25) is 9.00 Å². The second kappa shape index (κ2) is 8.99. The van der Waals surface area contributed by atoms with Gasteiger partial charge in [-0.1, -0.05) is 17.7 Å². The standard InChI is InChI=1S/C20H22ClN3O5S2/c1-14(18-13-16(21)6-7-19(18)25)22-23-20(26)15-4-3-5-17(12-15)31(28,29)24-8-10-30(2,27)11-9-24/h3-7,12-13,25H,2,8-11H2,1H3,(H,23,26)/b22-14+. The maximum Gasteiger partial charge on any atom is 0.271 e. The molecule has 0 atom stereocenters. The number of nitrogens with one attached hydrogen (secondary N) is 1. The van der Waals surface area contributed by atoms with Gasteiger partial charge in [0.15, 0.2) is 0 Å². The zero-order chi connectivity index (χ0) is 22.8. The Hall–Kier alpha value is -2.40. The summed E-state index contributed by atoms with van der Waals surface area (Å²) in [5.41, 5.74) is 3.13. The van der Waals surface area contributed by atoms with Crippen molar-refractivity contribution in [2.24, 2.45) is 5.10 Å². The molecule has 0 spiro atoms. The van der Waals surface area contributed by atoms with Crippen LogP contribution in [0.25, 0.3) is 0 Å². The summed E-state index contributed by atoms with van der Waals surface area (Å²) in [4.78, 5) is 12.5. The van der Waals surface area contributed by atoms with Gasteiger partial charge in [-0.15, -0.1) is 0 Å². The van der Waals surface area contributed by atoms with Gasteiger partial charge in [0.25, 0.3) is 5.91 Å². The van der Waals surface area contributed by atoms with E-state index in [1.54, 1.807) is 6.92 Å². The number of rotatable bonds is 5. The molecule has 1 fully saturated rings. The van der Waals surface area contributed by atoms with Crippen molar-refractivity contribution in [1.29, 1.82) is 0 Å². The summed E-state index contributed by atoms with van der Waals surface area (Å²) in [5, 5.41) is 14.3. The van der Waals surface area contributed by atoms with Gasteiger partial charge in [0.1, 0.15) is 5.75 Å². The van der Waals surface area contributed by atoms with Crippen molar-refractivity contribution in [3.63, 3.8) is 0 Å². The molecule has 2 aromatic rings. The van der Waals surface area contributed by atoms with Crippen LogP contribution in [0.4, 0.5) is 0 Å². The molecule has 0 radical (unpaired) electrons. The van der Waals surface area contributed by atoms with Crippen LogP contribution in [-0.4, -0.2) is 64.1 Å². The molecule has 0 saturated carbocycles. The molecule has 8 nitrogen and oxygen atoms in total. The molecule has 1 saturated heterocycles. The molecular weight excluding hydrogens is 462 g/mol. The minimum Gasteiger partial charge on any atom is -0.507 e. The Balaban J connectivity index is 1.78. The van der Waals surface area contributed by atoms with E-state index in [0.717, 1.165) is 0 Å². The predicted octanol–water partition coefficient (Wildman–Crippen LogP) is 1.92. The number of halogens is 1. The third kappa shape index (κ3) is 5.45. The average molecular weight is 484 g/mol. The van der Waals surface area contributed by atoms with Gasteiger partial charge in [-0.25, -0.2) is 13.8 Å².